The van der Waals surface area contributed by atoms with E-state index in [9.17, 15) is 0 Å². The fourth-order valence-corrected chi connectivity index (χ4v) is 4.09. The van der Waals surface area contributed by atoms with E-state index in [1.807, 2.05) is 18.3 Å². The molecule has 5 heteroatoms. The molecule has 4 nitrogen and oxygen atoms in total. The maximum Gasteiger partial charge on any atom is 0.133 e. The molecular weight excluding hydrogens is 487 g/mol. The zero-order chi connectivity index (χ0) is 20.8. The lowest BCUT2D eigenvalue weighted by Crippen LogP contribution is -2.36. The average molecular weight is 512 g/mol. The molecule has 30 heavy (non-hydrogen) atoms. The van der Waals surface area contributed by atoms with E-state index in [1.165, 1.54) is 16.8 Å². The van der Waals surface area contributed by atoms with Crippen molar-refractivity contribution in [3.8, 4) is 5.75 Å². The van der Waals surface area contributed by atoms with Crippen molar-refractivity contribution < 1.29 is 9.47 Å². The van der Waals surface area contributed by atoms with Gasteiger partial charge in [0.15, 0.2) is 0 Å². The first-order chi connectivity index (χ1) is 14.7. The van der Waals surface area contributed by atoms with Crippen molar-refractivity contribution in [2.75, 3.05) is 31.2 Å². The number of morpholine rings is 1. The number of nitrogens with zero attached hydrogens (tertiary/aromatic N) is 2. The molecule has 3 aromatic rings. The molecule has 0 atom stereocenters. The Kier molecular flexibility index (Phi) is 7.02. The number of benzene rings is 3. The zero-order valence-corrected chi connectivity index (χ0v) is 19.2. The molecular formula is C25H25IN2O2. The summed E-state index contributed by atoms with van der Waals surface area (Å²) in [5.74, 6) is 0.893. The second-order valence-electron chi connectivity index (χ2n) is 7.34. The predicted molar refractivity (Wildman–Crippen MR) is 131 cm³/mol. The molecule has 1 heterocycles. The van der Waals surface area contributed by atoms with Crippen LogP contribution >= 0.6 is 22.6 Å². The van der Waals surface area contributed by atoms with Gasteiger partial charge in [0.25, 0.3) is 0 Å². The van der Waals surface area contributed by atoms with Crippen LogP contribution < -0.4 is 9.64 Å². The molecule has 1 aliphatic heterocycles. The highest BCUT2D eigenvalue weighted by atomic mass is 127. The maximum absolute atomic E-state index is 6.00. The van der Waals surface area contributed by atoms with Crippen LogP contribution in [0.15, 0.2) is 71.7 Å². The summed E-state index contributed by atoms with van der Waals surface area (Å²) in [6, 6.07) is 22.9. The van der Waals surface area contributed by atoms with Crippen LogP contribution in [0.3, 0.4) is 0 Å². The molecule has 0 aromatic heterocycles. The topological polar surface area (TPSA) is 34.1 Å². The number of rotatable bonds is 6. The zero-order valence-electron chi connectivity index (χ0n) is 17.1. The first kappa shape index (κ1) is 20.9. The highest BCUT2D eigenvalue weighted by Gasteiger charge is 2.10. The molecule has 0 spiro atoms. The molecule has 1 saturated heterocycles. The van der Waals surface area contributed by atoms with E-state index >= 15 is 0 Å². The van der Waals surface area contributed by atoms with Gasteiger partial charge < -0.3 is 14.4 Å². The molecule has 0 unspecified atom stereocenters. The minimum absolute atomic E-state index is 0.570. The van der Waals surface area contributed by atoms with E-state index in [2.05, 4.69) is 94.0 Å². The number of aryl methyl sites for hydroxylation is 1. The van der Waals surface area contributed by atoms with Gasteiger partial charge in [-0.2, -0.15) is 0 Å². The van der Waals surface area contributed by atoms with Gasteiger partial charge in [-0.25, -0.2) is 0 Å². The molecule has 3 aromatic carbocycles. The van der Waals surface area contributed by atoms with Gasteiger partial charge in [-0.1, -0.05) is 29.8 Å². The Balaban J connectivity index is 1.37. The van der Waals surface area contributed by atoms with Crippen LogP contribution in [0.5, 0.6) is 5.75 Å². The van der Waals surface area contributed by atoms with Crippen LogP contribution in [-0.4, -0.2) is 32.5 Å². The first-order valence-corrected chi connectivity index (χ1v) is 11.2. The predicted octanol–water partition coefficient (Wildman–Crippen LogP) is 5.77. The van der Waals surface area contributed by atoms with Crippen molar-refractivity contribution in [2.24, 2.45) is 4.99 Å². The summed E-state index contributed by atoms with van der Waals surface area (Å²) in [5, 5.41) is 0. The summed E-state index contributed by atoms with van der Waals surface area (Å²) in [6.45, 7) is 6.14. The molecule has 154 valence electrons. The third-order valence-corrected chi connectivity index (χ3v) is 5.86. The van der Waals surface area contributed by atoms with Gasteiger partial charge in [-0.15, -0.1) is 0 Å². The van der Waals surface area contributed by atoms with Crippen molar-refractivity contribution in [2.45, 2.75) is 13.5 Å². The lowest BCUT2D eigenvalue weighted by Gasteiger charge is -2.28. The van der Waals surface area contributed by atoms with Gasteiger partial charge in [0.2, 0.25) is 0 Å². The first-order valence-electron chi connectivity index (χ1n) is 10.1. The Morgan fingerprint density at radius 2 is 1.83 bits per heavy atom. The van der Waals surface area contributed by atoms with Crippen LogP contribution in [-0.2, 0) is 11.3 Å². The van der Waals surface area contributed by atoms with Gasteiger partial charge >= 0.3 is 0 Å². The van der Waals surface area contributed by atoms with E-state index in [-0.39, 0.29) is 0 Å². The van der Waals surface area contributed by atoms with E-state index in [1.54, 1.807) is 0 Å². The Morgan fingerprint density at radius 3 is 2.57 bits per heavy atom. The Labute approximate surface area is 191 Å². The van der Waals surface area contributed by atoms with E-state index in [0.29, 0.717) is 6.61 Å². The Morgan fingerprint density at radius 1 is 1.03 bits per heavy atom. The third kappa shape index (κ3) is 5.61. The van der Waals surface area contributed by atoms with Crippen LogP contribution in [0.2, 0.25) is 0 Å². The average Bonchev–Trinajstić information content (AvgIpc) is 2.78. The lowest BCUT2D eigenvalue weighted by atomic mass is 10.1. The highest BCUT2D eigenvalue weighted by Crippen LogP contribution is 2.24. The summed E-state index contributed by atoms with van der Waals surface area (Å²) in [6.07, 6.45) is 1.90. The largest absolute Gasteiger partial charge is 0.488 e. The monoisotopic (exact) mass is 512 g/mol. The molecule has 0 N–H and O–H groups in total. The van der Waals surface area contributed by atoms with Crippen molar-refractivity contribution in [1.29, 1.82) is 0 Å². The number of aliphatic imine (C=N–C) groups is 1. The van der Waals surface area contributed by atoms with Crippen LogP contribution in [0.1, 0.15) is 16.7 Å². The van der Waals surface area contributed by atoms with E-state index in [0.717, 1.165) is 46.9 Å². The van der Waals surface area contributed by atoms with Gasteiger partial charge in [0, 0.05) is 25.0 Å². The molecule has 0 aliphatic carbocycles. The number of halogens is 1. The molecule has 0 saturated carbocycles. The molecule has 0 bridgehead atoms. The van der Waals surface area contributed by atoms with Gasteiger partial charge in [-0.05, 0) is 83.1 Å². The van der Waals surface area contributed by atoms with Crippen molar-refractivity contribution in [3.05, 3.63) is 87.0 Å². The standard InChI is InChI=1S/C25H25IN2O2/c1-19-3-2-4-21(15-19)18-30-25-10-5-20(16-24(25)26)17-27-22-6-8-23(9-7-22)28-11-13-29-14-12-28/h2-10,15-17H,11-14,18H2,1H3. The summed E-state index contributed by atoms with van der Waals surface area (Å²) in [7, 11) is 0. The van der Waals surface area contributed by atoms with Crippen LogP contribution in [0.25, 0.3) is 0 Å². The molecule has 1 fully saturated rings. The van der Waals surface area contributed by atoms with Crippen LogP contribution in [0.4, 0.5) is 11.4 Å². The minimum atomic E-state index is 0.570. The quantitative estimate of drug-likeness (QED) is 0.311. The van der Waals surface area contributed by atoms with Gasteiger partial charge in [-0.3, -0.25) is 4.99 Å². The third-order valence-electron chi connectivity index (χ3n) is 5.02. The molecule has 0 radical (unpaired) electrons. The van der Waals surface area contributed by atoms with E-state index in [4.69, 9.17) is 9.47 Å². The molecule has 0 amide bonds. The minimum Gasteiger partial charge on any atom is -0.488 e. The number of ether oxygens (including phenoxy) is 2. The second-order valence-corrected chi connectivity index (χ2v) is 8.50. The Hall–Kier alpha value is -2.38. The van der Waals surface area contributed by atoms with Crippen LogP contribution in [0, 0.1) is 10.5 Å². The maximum atomic E-state index is 6.00. The lowest BCUT2D eigenvalue weighted by molar-refractivity contribution is 0.122. The summed E-state index contributed by atoms with van der Waals surface area (Å²) < 4.78 is 12.5. The van der Waals surface area contributed by atoms with E-state index < -0.39 is 0 Å². The van der Waals surface area contributed by atoms with Gasteiger partial charge in [0.05, 0.1) is 22.5 Å². The summed E-state index contributed by atoms with van der Waals surface area (Å²) >= 11 is 2.32. The molecule has 1 aliphatic rings. The van der Waals surface area contributed by atoms with Crippen molar-refractivity contribution in [3.63, 3.8) is 0 Å². The van der Waals surface area contributed by atoms with Gasteiger partial charge in [0.1, 0.15) is 12.4 Å². The number of hydrogen-bond donors (Lipinski definition) is 0. The fraction of sp³-hybridized carbons (Fsp3) is 0.240. The smallest absolute Gasteiger partial charge is 0.133 e. The van der Waals surface area contributed by atoms with Crippen molar-refractivity contribution >= 4 is 40.2 Å². The fourth-order valence-electron chi connectivity index (χ4n) is 3.40. The van der Waals surface area contributed by atoms with Crippen molar-refractivity contribution in [1.82, 2.24) is 0 Å². The number of anilines is 1. The Bertz CT molecular complexity index is 1010. The number of hydrogen-bond acceptors (Lipinski definition) is 4. The molecule has 4 rings (SSSR count). The SMILES string of the molecule is Cc1cccc(COc2ccc(C=Nc3ccc(N4CCOCC4)cc3)cc2I)c1. The normalized spacial score (nSPS) is 14.3. The second kappa shape index (κ2) is 10.1. The summed E-state index contributed by atoms with van der Waals surface area (Å²) in [5.41, 5.74) is 5.65. The summed E-state index contributed by atoms with van der Waals surface area (Å²) in [4.78, 5) is 6.97. The highest BCUT2D eigenvalue weighted by molar-refractivity contribution is 14.1.